The van der Waals surface area contributed by atoms with Crippen LogP contribution in [0.1, 0.15) is 17.3 Å². The predicted molar refractivity (Wildman–Crippen MR) is 72.1 cm³/mol. The molecular weight excluding hydrogens is 301 g/mol. The molecule has 0 aromatic heterocycles. The molecule has 3 nitrogen and oxygen atoms in total. The van der Waals surface area contributed by atoms with Crippen molar-refractivity contribution in [3.8, 4) is 0 Å². The Balaban J connectivity index is 2.39. The van der Waals surface area contributed by atoms with E-state index < -0.39 is 0 Å². The molecule has 1 amide bonds. The minimum atomic E-state index is -0.386. The van der Waals surface area contributed by atoms with Gasteiger partial charge >= 0.3 is 0 Å². The summed E-state index contributed by atoms with van der Waals surface area (Å²) in [6.07, 6.45) is 0. The van der Waals surface area contributed by atoms with Gasteiger partial charge in [-0.1, -0.05) is 12.2 Å². The molecule has 0 bridgehead atoms. The molecule has 98 valence electrons. The van der Waals surface area contributed by atoms with Gasteiger partial charge in [-0.25, -0.2) is 4.39 Å². The second kappa shape index (κ2) is 7.28. The van der Waals surface area contributed by atoms with Gasteiger partial charge in [0.25, 0.3) is 5.91 Å². The van der Waals surface area contributed by atoms with Gasteiger partial charge in [0.1, 0.15) is 5.82 Å². The Kier molecular flexibility index (Phi) is 6.01. The van der Waals surface area contributed by atoms with Crippen LogP contribution in [0.2, 0.25) is 0 Å². The van der Waals surface area contributed by atoms with E-state index in [0.717, 1.165) is 5.57 Å². The van der Waals surface area contributed by atoms with Crippen LogP contribution in [0.5, 0.6) is 0 Å². The molecule has 0 radical (unpaired) electrons. The van der Waals surface area contributed by atoms with E-state index in [-0.39, 0.29) is 11.7 Å². The molecule has 1 rings (SSSR count). The van der Waals surface area contributed by atoms with Gasteiger partial charge in [0.05, 0.1) is 18.8 Å². The van der Waals surface area contributed by atoms with Gasteiger partial charge < -0.3 is 10.1 Å². The smallest absolute Gasteiger partial charge is 0.252 e. The average Bonchev–Trinajstić information content (AvgIpc) is 2.27. The Morgan fingerprint density at radius 3 is 2.89 bits per heavy atom. The maximum atomic E-state index is 12.8. The molecule has 0 aliphatic carbocycles. The number of hydrogen-bond donors (Lipinski definition) is 1. The van der Waals surface area contributed by atoms with Crippen molar-refractivity contribution >= 4 is 21.8 Å². The molecule has 18 heavy (non-hydrogen) atoms. The molecule has 0 aliphatic rings. The van der Waals surface area contributed by atoms with E-state index >= 15 is 0 Å². The number of amides is 1. The minimum Gasteiger partial charge on any atom is -0.375 e. The first-order valence-electron chi connectivity index (χ1n) is 5.46. The van der Waals surface area contributed by atoms with E-state index in [2.05, 4.69) is 27.8 Å². The van der Waals surface area contributed by atoms with Crippen molar-refractivity contribution < 1.29 is 13.9 Å². The fraction of sp³-hybridized carbons (Fsp3) is 0.308. The Morgan fingerprint density at radius 1 is 1.56 bits per heavy atom. The highest BCUT2D eigenvalue weighted by atomic mass is 79.9. The monoisotopic (exact) mass is 315 g/mol. The van der Waals surface area contributed by atoms with Crippen molar-refractivity contribution in [2.24, 2.45) is 0 Å². The molecule has 0 heterocycles. The van der Waals surface area contributed by atoms with E-state index in [9.17, 15) is 9.18 Å². The zero-order valence-electron chi connectivity index (χ0n) is 10.1. The van der Waals surface area contributed by atoms with E-state index in [4.69, 9.17) is 4.74 Å². The number of rotatable bonds is 6. The molecule has 0 fully saturated rings. The van der Waals surface area contributed by atoms with Crippen LogP contribution in [0.3, 0.4) is 0 Å². The molecule has 1 N–H and O–H groups in total. The van der Waals surface area contributed by atoms with Gasteiger partial charge in [-0.3, -0.25) is 4.79 Å². The summed E-state index contributed by atoms with van der Waals surface area (Å²) in [6, 6.07) is 3.94. The molecule has 1 aromatic carbocycles. The van der Waals surface area contributed by atoms with E-state index in [0.29, 0.717) is 29.8 Å². The third kappa shape index (κ3) is 4.98. The van der Waals surface area contributed by atoms with Crippen molar-refractivity contribution in [1.29, 1.82) is 0 Å². The molecule has 0 saturated heterocycles. The number of halogens is 2. The molecule has 0 atom stereocenters. The number of nitrogens with one attached hydrogen (secondary N) is 1. The normalized spacial score (nSPS) is 10.2. The average molecular weight is 316 g/mol. The number of carbonyl (C=O) groups is 1. The van der Waals surface area contributed by atoms with E-state index in [1.54, 1.807) is 0 Å². The second-order valence-electron chi connectivity index (χ2n) is 3.89. The quantitative estimate of drug-likeness (QED) is 0.647. The summed E-state index contributed by atoms with van der Waals surface area (Å²) in [6.45, 7) is 6.87. The lowest BCUT2D eigenvalue weighted by molar-refractivity contribution is 0.0926. The van der Waals surface area contributed by atoms with Gasteiger partial charge in [0, 0.05) is 11.0 Å². The lowest BCUT2D eigenvalue weighted by atomic mass is 10.2. The molecule has 5 heteroatoms. The first kappa shape index (κ1) is 14.9. The SMILES string of the molecule is C=C(C)COCCNC(=O)c1ccc(F)cc1Br. The maximum Gasteiger partial charge on any atom is 0.252 e. The van der Waals surface area contributed by atoms with Crippen molar-refractivity contribution in [1.82, 2.24) is 5.32 Å². The molecule has 0 aliphatic heterocycles. The van der Waals surface area contributed by atoms with Crippen LogP contribution in [0, 0.1) is 5.82 Å². The van der Waals surface area contributed by atoms with Gasteiger partial charge in [-0.15, -0.1) is 0 Å². The first-order valence-corrected chi connectivity index (χ1v) is 6.25. The van der Waals surface area contributed by atoms with E-state index in [1.165, 1.54) is 18.2 Å². The lowest BCUT2D eigenvalue weighted by Gasteiger charge is -2.07. The summed E-state index contributed by atoms with van der Waals surface area (Å²) in [5.74, 6) is -0.649. The molecule has 0 saturated carbocycles. The minimum absolute atomic E-state index is 0.263. The van der Waals surface area contributed by atoms with Crippen LogP contribution in [0.25, 0.3) is 0 Å². The first-order chi connectivity index (χ1) is 8.50. The largest absolute Gasteiger partial charge is 0.375 e. The topological polar surface area (TPSA) is 38.3 Å². The molecule has 0 spiro atoms. The van der Waals surface area contributed by atoms with E-state index in [1.807, 2.05) is 6.92 Å². The Hall–Kier alpha value is -1.20. The summed E-state index contributed by atoms with van der Waals surface area (Å²) in [4.78, 5) is 11.7. The number of ether oxygens (including phenoxy) is 1. The van der Waals surface area contributed by atoms with Crippen LogP contribution >= 0.6 is 15.9 Å². The maximum absolute atomic E-state index is 12.8. The third-order valence-electron chi connectivity index (χ3n) is 2.06. The summed E-state index contributed by atoms with van der Waals surface area (Å²) in [7, 11) is 0. The number of benzene rings is 1. The Morgan fingerprint density at radius 2 is 2.28 bits per heavy atom. The van der Waals surface area contributed by atoms with Gasteiger partial charge in [-0.2, -0.15) is 0 Å². The van der Waals surface area contributed by atoms with Crippen molar-refractivity contribution in [2.45, 2.75) is 6.92 Å². The van der Waals surface area contributed by atoms with Crippen LogP contribution in [-0.4, -0.2) is 25.7 Å². The number of hydrogen-bond acceptors (Lipinski definition) is 2. The lowest BCUT2D eigenvalue weighted by Crippen LogP contribution is -2.27. The summed E-state index contributed by atoms with van der Waals surface area (Å²) in [5.41, 5.74) is 1.33. The van der Waals surface area contributed by atoms with Gasteiger partial charge in [0.15, 0.2) is 0 Å². The Bertz CT molecular complexity index is 449. The van der Waals surface area contributed by atoms with Gasteiger partial charge in [0.2, 0.25) is 0 Å². The van der Waals surface area contributed by atoms with Crippen molar-refractivity contribution in [3.05, 3.63) is 46.2 Å². The van der Waals surface area contributed by atoms with Crippen LogP contribution < -0.4 is 5.32 Å². The Labute approximate surface area is 114 Å². The summed E-state index contributed by atoms with van der Waals surface area (Å²) in [5, 5.41) is 2.69. The molecule has 0 unspecified atom stereocenters. The highest BCUT2D eigenvalue weighted by Gasteiger charge is 2.09. The van der Waals surface area contributed by atoms with Crippen LogP contribution in [0.4, 0.5) is 4.39 Å². The van der Waals surface area contributed by atoms with Crippen LogP contribution in [0.15, 0.2) is 34.8 Å². The standard InChI is InChI=1S/C13H15BrFNO2/c1-9(2)8-18-6-5-16-13(17)11-4-3-10(15)7-12(11)14/h3-4,7H,1,5-6,8H2,2H3,(H,16,17). The van der Waals surface area contributed by atoms with Gasteiger partial charge in [-0.05, 0) is 41.1 Å². The second-order valence-corrected chi connectivity index (χ2v) is 4.74. The van der Waals surface area contributed by atoms with Crippen molar-refractivity contribution in [3.63, 3.8) is 0 Å². The highest BCUT2D eigenvalue weighted by molar-refractivity contribution is 9.10. The third-order valence-corrected chi connectivity index (χ3v) is 2.71. The van der Waals surface area contributed by atoms with Crippen molar-refractivity contribution in [2.75, 3.05) is 19.8 Å². The molecular formula is C13H15BrFNO2. The van der Waals surface area contributed by atoms with Crippen LogP contribution in [-0.2, 0) is 4.74 Å². The summed E-state index contributed by atoms with van der Waals surface area (Å²) >= 11 is 3.15. The predicted octanol–water partition coefficient (Wildman–Crippen LogP) is 2.91. The summed E-state index contributed by atoms with van der Waals surface area (Å²) < 4.78 is 18.5. The fourth-order valence-electron chi connectivity index (χ4n) is 1.25. The zero-order valence-corrected chi connectivity index (χ0v) is 11.7. The fourth-order valence-corrected chi connectivity index (χ4v) is 1.78. The zero-order chi connectivity index (χ0) is 13.5. The molecule has 1 aromatic rings. The highest BCUT2D eigenvalue weighted by Crippen LogP contribution is 2.17. The number of carbonyl (C=O) groups excluding carboxylic acids is 1.